The number of morpholine rings is 1. The highest BCUT2D eigenvalue weighted by Gasteiger charge is 2.14. The Hall–Kier alpha value is -2.34. The molecule has 2 aromatic rings. The van der Waals surface area contributed by atoms with E-state index in [9.17, 15) is 4.79 Å². The second kappa shape index (κ2) is 6.83. The van der Waals surface area contributed by atoms with Gasteiger partial charge in [-0.2, -0.15) is 0 Å². The summed E-state index contributed by atoms with van der Waals surface area (Å²) < 4.78 is 10.7. The molecule has 0 aromatic carbocycles. The van der Waals surface area contributed by atoms with Gasteiger partial charge in [-0.3, -0.25) is 4.79 Å². The van der Waals surface area contributed by atoms with E-state index in [0.29, 0.717) is 17.9 Å². The van der Waals surface area contributed by atoms with E-state index < -0.39 is 0 Å². The van der Waals surface area contributed by atoms with Crippen LogP contribution in [-0.2, 0) is 11.3 Å². The van der Waals surface area contributed by atoms with E-state index in [1.165, 1.54) is 0 Å². The Morgan fingerprint density at radius 3 is 2.70 bits per heavy atom. The summed E-state index contributed by atoms with van der Waals surface area (Å²) in [4.78, 5) is 18.8. The van der Waals surface area contributed by atoms with E-state index in [0.717, 1.165) is 43.4 Å². The van der Waals surface area contributed by atoms with Crippen molar-refractivity contribution < 1.29 is 13.9 Å². The van der Waals surface area contributed by atoms with Crippen LogP contribution in [0.3, 0.4) is 0 Å². The van der Waals surface area contributed by atoms with Gasteiger partial charge in [0, 0.05) is 25.8 Å². The van der Waals surface area contributed by atoms with Crippen molar-refractivity contribution in [3.63, 3.8) is 0 Å². The molecule has 6 heteroatoms. The first-order valence-corrected chi connectivity index (χ1v) is 7.76. The molecule has 2 aromatic heterocycles. The Bertz CT molecular complexity index is 673. The number of carbonyl (C=O) groups is 1. The highest BCUT2D eigenvalue weighted by molar-refractivity contribution is 5.95. The summed E-state index contributed by atoms with van der Waals surface area (Å²) in [5.74, 6) is 2.20. The highest BCUT2D eigenvalue weighted by atomic mass is 16.5. The molecule has 1 saturated heterocycles. The number of hydrogen-bond acceptors (Lipinski definition) is 5. The largest absolute Gasteiger partial charge is 0.466 e. The maximum absolute atomic E-state index is 12.2. The summed E-state index contributed by atoms with van der Waals surface area (Å²) in [6.45, 7) is 7.27. The van der Waals surface area contributed by atoms with Crippen LogP contribution in [0.15, 0.2) is 28.8 Å². The van der Waals surface area contributed by atoms with E-state index in [4.69, 9.17) is 9.15 Å². The maximum Gasteiger partial charge on any atom is 0.255 e. The fourth-order valence-electron chi connectivity index (χ4n) is 2.63. The van der Waals surface area contributed by atoms with E-state index in [-0.39, 0.29) is 5.91 Å². The lowest BCUT2D eigenvalue weighted by Gasteiger charge is -2.27. The van der Waals surface area contributed by atoms with Gasteiger partial charge in [0.25, 0.3) is 5.91 Å². The molecule has 0 spiro atoms. The van der Waals surface area contributed by atoms with Crippen LogP contribution < -0.4 is 10.2 Å². The van der Waals surface area contributed by atoms with Gasteiger partial charge in [-0.25, -0.2) is 4.98 Å². The molecule has 0 bridgehead atoms. The number of carbonyl (C=O) groups excluding carboxylic acids is 1. The number of rotatable bonds is 4. The molecule has 1 aliphatic heterocycles. The average Bonchev–Trinajstić information content (AvgIpc) is 2.92. The van der Waals surface area contributed by atoms with Crippen LogP contribution >= 0.6 is 0 Å². The van der Waals surface area contributed by atoms with E-state index in [1.54, 1.807) is 19.2 Å². The summed E-state index contributed by atoms with van der Waals surface area (Å²) in [5.41, 5.74) is 1.55. The SMILES string of the molecule is Cc1cc(C(=O)NCc2ccc(N3CCOCC3)nc2)c(C)o1. The normalized spacial score (nSPS) is 14.8. The average molecular weight is 315 g/mol. The third kappa shape index (κ3) is 3.71. The second-order valence-electron chi connectivity index (χ2n) is 5.63. The van der Waals surface area contributed by atoms with Crippen molar-refractivity contribution in [2.45, 2.75) is 20.4 Å². The fourth-order valence-corrected chi connectivity index (χ4v) is 2.63. The number of hydrogen-bond donors (Lipinski definition) is 1. The minimum atomic E-state index is -0.128. The molecular weight excluding hydrogens is 294 g/mol. The highest BCUT2D eigenvalue weighted by Crippen LogP contribution is 2.15. The number of pyridine rings is 1. The molecule has 122 valence electrons. The zero-order valence-electron chi connectivity index (χ0n) is 13.5. The lowest BCUT2D eigenvalue weighted by atomic mass is 10.2. The lowest BCUT2D eigenvalue weighted by Crippen LogP contribution is -2.36. The molecule has 3 rings (SSSR count). The van der Waals surface area contributed by atoms with Crippen LogP contribution in [0.2, 0.25) is 0 Å². The molecule has 0 saturated carbocycles. The number of aromatic nitrogens is 1. The predicted octanol–water partition coefficient (Wildman–Crippen LogP) is 2.06. The molecule has 1 fully saturated rings. The third-order valence-electron chi connectivity index (χ3n) is 3.88. The zero-order chi connectivity index (χ0) is 16.2. The minimum Gasteiger partial charge on any atom is -0.466 e. The van der Waals surface area contributed by atoms with Gasteiger partial charge in [-0.05, 0) is 31.5 Å². The molecule has 23 heavy (non-hydrogen) atoms. The summed E-state index contributed by atoms with van der Waals surface area (Å²) in [5, 5.41) is 2.90. The van der Waals surface area contributed by atoms with Gasteiger partial charge in [0.05, 0.1) is 18.8 Å². The smallest absolute Gasteiger partial charge is 0.255 e. The van der Waals surface area contributed by atoms with Gasteiger partial charge >= 0.3 is 0 Å². The van der Waals surface area contributed by atoms with Gasteiger partial charge in [-0.1, -0.05) is 6.07 Å². The maximum atomic E-state index is 12.2. The van der Waals surface area contributed by atoms with E-state index >= 15 is 0 Å². The number of anilines is 1. The Morgan fingerprint density at radius 2 is 2.09 bits per heavy atom. The monoisotopic (exact) mass is 315 g/mol. The number of ether oxygens (including phenoxy) is 1. The molecule has 1 N–H and O–H groups in total. The molecule has 0 aliphatic carbocycles. The summed E-state index contributed by atoms with van der Waals surface area (Å²) in [6.07, 6.45) is 1.80. The van der Waals surface area contributed by atoms with Crippen LogP contribution in [0, 0.1) is 13.8 Å². The number of nitrogens with one attached hydrogen (secondary N) is 1. The third-order valence-corrected chi connectivity index (χ3v) is 3.88. The van der Waals surface area contributed by atoms with Crippen molar-refractivity contribution in [2.75, 3.05) is 31.2 Å². The van der Waals surface area contributed by atoms with Crippen molar-refractivity contribution in [1.82, 2.24) is 10.3 Å². The van der Waals surface area contributed by atoms with Gasteiger partial charge in [0.15, 0.2) is 0 Å². The van der Waals surface area contributed by atoms with Crippen molar-refractivity contribution in [2.24, 2.45) is 0 Å². The number of amides is 1. The molecule has 1 aliphatic rings. The van der Waals surface area contributed by atoms with Crippen molar-refractivity contribution in [3.8, 4) is 0 Å². The van der Waals surface area contributed by atoms with Gasteiger partial charge in [0.2, 0.25) is 0 Å². The standard InChI is InChI=1S/C17H21N3O3/c1-12-9-15(13(2)23-12)17(21)19-11-14-3-4-16(18-10-14)20-5-7-22-8-6-20/h3-4,9-10H,5-8,11H2,1-2H3,(H,19,21). The van der Waals surface area contributed by atoms with Crippen LogP contribution in [0.1, 0.15) is 27.4 Å². The first kappa shape index (κ1) is 15.6. The molecule has 1 amide bonds. The molecule has 0 atom stereocenters. The summed E-state index contributed by atoms with van der Waals surface area (Å²) in [7, 11) is 0. The Balaban J connectivity index is 1.58. The molecule has 0 unspecified atom stereocenters. The predicted molar refractivity (Wildman–Crippen MR) is 86.6 cm³/mol. The first-order valence-electron chi connectivity index (χ1n) is 7.76. The second-order valence-corrected chi connectivity index (χ2v) is 5.63. The Labute approximate surface area is 135 Å². The first-order chi connectivity index (χ1) is 11.1. The lowest BCUT2D eigenvalue weighted by molar-refractivity contribution is 0.0949. The van der Waals surface area contributed by atoms with Crippen LogP contribution in [0.25, 0.3) is 0 Å². The zero-order valence-corrected chi connectivity index (χ0v) is 13.5. The quantitative estimate of drug-likeness (QED) is 0.935. The molecule has 3 heterocycles. The van der Waals surface area contributed by atoms with E-state index in [2.05, 4.69) is 15.2 Å². The van der Waals surface area contributed by atoms with Crippen LogP contribution in [0.4, 0.5) is 5.82 Å². The molecule has 0 radical (unpaired) electrons. The summed E-state index contributed by atoms with van der Waals surface area (Å²) >= 11 is 0. The summed E-state index contributed by atoms with van der Waals surface area (Å²) in [6, 6.07) is 5.73. The molecule has 6 nitrogen and oxygen atoms in total. The van der Waals surface area contributed by atoms with Gasteiger partial charge in [-0.15, -0.1) is 0 Å². The topological polar surface area (TPSA) is 67.6 Å². The van der Waals surface area contributed by atoms with Crippen molar-refractivity contribution in [3.05, 3.63) is 47.0 Å². The van der Waals surface area contributed by atoms with Crippen molar-refractivity contribution >= 4 is 11.7 Å². The van der Waals surface area contributed by atoms with Crippen LogP contribution in [-0.4, -0.2) is 37.2 Å². The van der Waals surface area contributed by atoms with Crippen molar-refractivity contribution in [1.29, 1.82) is 0 Å². The number of furan rings is 1. The Morgan fingerprint density at radius 1 is 1.30 bits per heavy atom. The fraction of sp³-hybridized carbons (Fsp3) is 0.412. The Kier molecular flexibility index (Phi) is 4.62. The van der Waals surface area contributed by atoms with Gasteiger partial charge in [0.1, 0.15) is 17.3 Å². The minimum absolute atomic E-state index is 0.128. The molecular formula is C17H21N3O3. The van der Waals surface area contributed by atoms with E-state index in [1.807, 2.05) is 19.1 Å². The van der Waals surface area contributed by atoms with Crippen LogP contribution in [0.5, 0.6) is 0 Å². The van der Waals surface area contributed by atoms with Gasteiger partial charge < -0.3 is 19.4 Å². The number of aryl methyl sites for hydroxylation is 2. The number of nitrogens with zero attached hydrogens (tertiary/aromatic N) is 2.